The van der Waals surface area contributed by atoms with Crippen molar-refractivity contribution in [3.05, 3.63) is 34.9 Å². The molecule has 0 spiro atoms. The fourth-order valence-corrected chi connectivity index (χ4v) is 4.67. The summed E-state index contributed by atoms with van der Waals surface area (Å²) in [4.78, 5) is 6.23. The lowest BCUT2D eigenvalue weighted by Gasteiger charge is -2.23. The second kappa shape index (κ2) is 9.08. The Kier molecular flexibility index (Phi) is 8.09. The van der Waals surface area contributed by atoms with Crippen LogP contribution >= 0.6 is 35.6 Å². The summed E-state index contributed by atoms with van der Waals surface area (Å²) in [7, 11) is 0.818. The van der Waals surface area contributed by atoms with Crippen LogP contribution in [0.25, 0.3) is 0 Å². The fraction of sp³-hybridized carbons (Fsp3) is 0.533. The molecule has 0 amide bonds. The van der Waals surface area contributed by atoms with Gasteiger partial charge in [-0.15, -0.1) is 24.0 Å². The van der Waals surface area contributed by atoms with E-state index >= 15 is 0 Å². The predicted octanol–water partition coefficient (Wildman–Crippen LogP) is 2.40. The molecule has 1 unspecified atom stereocenters. The summed E-state index contributed by atoms with van der Waals surface area (Å²) in [6.07, 6.45) is 0.723. The summed E-state index contributed by atoms with van der Waals surface area (Å²) < 4.78 is 23.0. The van der Waals surface area contributed by atoms with Crippen molar-refractivity contribution < 1.29 is 8.42 Å². The van der Waals surface area contributed by atoms with Crippen LogP contribution in [0.15, 0.2) is 29.3 Å². The summed E-state index contributed by atoms with van der Waals surface area (Å²) in [5, 5.41) is 3.99. The van der Waals surface area contributed by atoms with E-state index in [0.29, 0.717) is 18.8 Å². The first-order valence-electron chi connectivity index (χ1n) is 7.27. The first-order chi connectivity index (χ1) is 10.4. The summed E-state index contributed by atoms with van der Waals surface area (Å²) in [6.45, 7) is 1.26. The van der Waals surface area contributed by atoms with Crippen LogP contribution in [-0.2, 0) is 16.4 Å². The molecule has 23 heavy (non-hydrogen) atoms. The first kappa shape index (κ1) is 20.5. The number of hydrogen-bond donors (Lipinski definition) is 1. The van der Waals surface area contributed by atoms with Crippen molar-refractivity contribution in [3.63, 3.8) is 0 Å². The normalized spacial score (nSPS) is 20.0. The third-order valence-corrected chi connectivity index (χ3v) is 6.02. The Bertz CT molecular complexity index is 652. The molecule has 1 fully saturated rings. The summed E-state index contributed by atoms with van der Waals surface area (Å²) >= 11 is 6.17. The molecule has 0 aliphatic carbocycles. The molecule has 1 aliphatic heterocycles. The lowest BCUT2D eigenvalue weighted by Crippen LogP contribution is -2.40. The highest BCUT2D eigenvalue weighted by atomic mass is 127. The Morgan fingerprint density at radius 3 is 2.70 bits per heavy atom. The third kappa shape index (κ3) is 6.11. The number of guanidine groups is 1. The van der Waals surface area contributed by atoms with E-state index < -0.39 is 9.84 Å². The van der Waals surface area contributed by atoms with Gasteiger partial charge in [0.15, 0.2) is 15.8 Å². The Morgan fingerprint density at radius 2 is 2.13 bits per heavy atom. The van der Waals surface area contributed by atoms with Crippen LogP contribution < -0.4 is 5.32 Å². The van der Waals surface area contributed by atoms with Crippen molar-refractivity contribution in [2.75, 3.05) is 32.1 Å². The van der Waals surface area contributed by atoms with Gasteiger partial charge in [0.05, 0.1) is 11.5 Å². The molecule has 0 aromatic heterocycles. The van der Waals surface area contributed by atoms with E-state index in [0.717, 1.165) is 23.0 Å². The molecule has 1 saturated heterocycles. The van der Waals surface area contributed by atoms with Crippen LogP contribution in [0.1, 0.15) is 12.0 Å². The van der Waals surface area contributed by atoms with Gasteiger partial charge in [-0.2, -0.15) is 0 Å². The van der Waals surface area contributed by atoms with Crippen molar-refractivity contribution in [2.24, 2.45) is 10.9 Å². The molecule has 2 rings (SSSR count). The summed E-state index contributed by atoms with van der Waals surface area (Å²) in [6, 6.07) is 7.70. The number of aliphatic imine (C=N–C) groups is 1. The second-order valence-corrected chi connectivity index (χ2v) is 8.28. The van der Waals surface area contributed by atoms with E-state index in [1.807, 2.05) is 36.2 Å². The van der Waals surface area contributed by atoms with Crippen molar-refractivity contribution >= 4 is 51.4 Å². The maximum atomic E-state index is 11.5. The van der Waals surface area contributed by atoms with Gasteiger partial charge in [0.25, 0.3) is 0 Å². The molecule has 1 N–H and O–H groups in total. The average molecular weight is 472 g/mol. The zero-order valence-corrected chi connectivity index (χ0v) is 17.2. The van der Waals surface area contributed by atoms with Gasteiger partial charge in [-0.25, -0.2) is 8.42 Å². The highest BCUT2D eigenvalue weighted by Crippen LogP contribution is 2.18. The number of hydrogen-bond acceptors (Lipinski definition) is 3. The number of nitrogens with one attached hydrogen (secondary N) is 1. The molecule has 130 valence electrons. The molecule has 1 aromatic carbocycles. The number of benzene rings is 1. The molecular weight excluding hydrogens is 449 g/mol. The standard InChI is InChI=1S/C15H22ClN3O2S.HI/c1-17-15(18-9-12-7-8-22(20,21)11-12)19(2)10-13-5-3-4-6-14(13)16;/h3-6,12H,7-11H2,1-2H3,(H,17,18);1H. The van der Waals surface area contributed by atoms with Crippen LogP contribution in [0.2, 0.25) is 5.02 Å². The highest BCUT2D eigenvalue weighted by Gasteiger charge is 2.27. The molecule has 1 heterocycles. The van der Waals surface area contributed by atoms with Gasteiger partial charge in [0.2, 0.25) is 0 Å². The number of nitrogens with zero attached hydrogens (tertiary/aromatic N) is 2. The monoisotopic (exact) mass is 471 g/mol. The molecule has 0 radical (unpaired) electrons. The topological polar surface area (TPSA) is 61.8 Å². The Labute approximate surface area is 160 Å². The van der Waals surface area contributed by atoms with Crippen molar-refractivity contribution in [2.45, 2.75) is 13.0 Å². The number of sulfone groups is 1. The molecular formula is C15H23ClIN3O2S. The Morgan fingerprint density at radius 1 is 1.43 bits per heavy atom. The molecule has 5 nitrogen and oxygen atoms in total. The minimum atomic E-state index is -2.84. The average Bonchev–Trinajstić information content (AvgIpc) is 2.81. The zero-order valence-electron chi connectivity index (χ0n) is 13.3. The quantitative estimate of drug-likeness (QED) is 0.416. The lowest BCUT2D eigenvalue weighted by atomic mass is 10.1. The van der Waals surface area contributed by atoms with Gasteiger partial charge in [0.1, 0.15) is 0 Å². The maximum Gasteiger partial charge on any atom is 0.193 e. The van der Waals surface area contributed by atoms with Gasteiger partial charge < -0.3 is 10.2 Å². The van der Waals surface area contributed by atoms with Crippen LogP contribution in [0, 0.1) is 5.92 Å². The summed E-state index contributed by atoms with van der Waals surface area (Å²) in [5.74, 6) is 1.47. The van der Waals surface area contributed by atoms with Gasteiger partial charge in [-0.1, -0.05) is 29.8 Å². The lowest BCUT2D eigenvalue weighted by molar-refractivity contribution is 0.463. The molecule has 1 atom stereocenters. The molecule has 8 heteroatoms. The molecule has 0 saturated carbocycles. The van der Waals surface area contributed by atoms with Gasteiger partial charge in [0, 0.05) is 32.2 Å². The van der Waals surface area contributed by atoms with E-state index in [2.05, 4.69) is 10.3 Å². The minimum Gasteiger partial charge on any atom is -0.356 e. The predicted molar refractivity (Wildman–Crippen MR) is 106 cm³/mol. The highest BCUT2D eigenvalue weighted by molar-refractivity contribution is 14.0. The fourth-order valence-electron chi connectivity index (χ4n) is 2.61. The van der Waals surface area contributed by atoms with Gasteiger partial charge in [-0.05, 0) is 24.0 Å². The Balaban J connectivity index is 0.00000264. The van der Waals surface area contributed by atoms with Gasteiger partial charge >= 0.3 is 0 Å². The molecule has 1 aromatic rings. The second-order valence-electron chi connectivity index (χ2n) is 5.64. The van der Waals surface area contributed by atoms with Crippen LogP contribution in [0.3, 0.4) is 0 Å². The number of rotatable bonds is 4. The summed E-state index contributed by atoms with van der Waals surface area (Å²) in [5.41, 5.74) is 1.03. The van der Waals surface area contributed by atoms with E-state index in [9.17, 15) is 8.42 Å². The van der Waals surface area contributed by atoms with Crippen molar-refractivity contribution in [3.8, 4) is 0 Å². The van der Waals surface area contributed by atoms with E-state index in [-0.39, 0.29) is 35.6 Å². The van der Waals surface area contributed by atoms with Crippen LogP contribution in [0.5, 0.6) is 0 Å². The van der Waals surface area contributed by atoms with E-state index in [1.54, 1.807) is 7.05 Å². The maximum absolute atomic E-state index is 11.5. The smallest absolute Gasteiger partial charge is 0.193 e. The van der Waals surface area contributed by atoms with E-state index in [4.69, 9.17) is 11.6 Å². The third-order valence-electron chi connectivity index (χ3n) is 3.81. The van der Waals surface area contributed by atoms with E-state index in [1.165, 1.54) is 0 Å². The van der Waals surface area contributed by atoms with Crippen LogP contribution in [0.4, 0.5) is 0 Å². The van der Waals surface area contributed by atoms with Crippen LogP contribution in [-0.4, -0.2) is 51.4 Å². The van der Waals surface area contributed by atoms with Crippen molar-refractivity contribution in [1.82, 2.24) is 10.2 Å². The van der Waals surface area contributed by atoms with Crippen molar-refractivity contribution in [1.29, 1.82) is 0 Å². The Hall–Kier alpha value is -0.540. The minimum absolute atomic E-state index is 0. The molecule has 0 bridgehead atoms. The largest absolute Gasteiger partial charge is 0.356 e. The number of halogens is 2. The molecule has 1 aliphatic rings. The zero-order chi connectivity index (χ0) is 16.2. The SMILES string of the molecule is CN=C(NCC1CCS(=O)(=O)C1)N(C)Cc1ccccc1Cl.I. The first-order valence-corrected chi connectivity index (χ1v) is 9.47. The van der Waals surface area contributed by atoms with Gasteiger partial charge in [-0.3, -0.25) is 4.99 Å².